The Kier molecular flexibility index (Phi) is 4.74. The van der Waals surface area contributed by atoms with E-state index in [9.17, 15) is 14.4 Å². The molecule has 1 rings (SSSR count). The molecule has 7 nitrogen and oxygen atoms in total. The van der Waals surface area contributed by atoms with Crippen LogP contribution in [-0.4, -0.2) is 65.0 Å². The molecule has 1 aliphatic rings. The molecule has 0 aliphatic carbocycles. The predicted molar refractivity (Wildman–Crippen MR) is 68.7 cm³/mol. The molecule has 2 N–H and O–H groups in total. The molecular weight excluding hydrogens is 250 g/mol. The molecule has 0 aromatic carbocycles. The van der Waals surface area contributed by atoms with E-state index in [1.165, 1.54) is 4.90 Å². The Morgan fingerprint density at radius 2 is 2.00 bits per heavy atom. The van der Waals surface area contributed by atoms with Gasteiger partial charge in [-0.15, -0.1) is 0 Å². The number of hydrogen-bond donors (Lipinski definition) is 2. The maximum absolute atomic E-state index is 12.0. The van der Waals surface area contributed by atoms with Gasteiger partial charge in [0.15, 0.2) is 0 Å². The van der Waals surface area contributed by atoms with Gasteiger partial charge in [-0.25, -0.2) is 4.79 Å². The molecule has 1 saturated heterocycles. The van der Waals surface area contributed by atoms with Crippen LogP contribution in [0.25, 0.3) is 0 Å². The van der Waals surface area contributed by atoms with Crippen LogP contribution in [0, 0.1) is 0 Å². The van der Waals surface area contributed by atoms with Crippen molar-refractivity contribution >= 4 is 17.9 Å². The summed E-state index contributed by atoms with van der Waals surface area (Å²) in [4.78, 5) is 37.1. The second-order valence-corrected chi connectivity index (χ2v) is 5.44. The third-order valence-corrected chi connectivity index (χ3v) is 3.15. The molecule has 7 heteroatoms. The summed E-state index contributed by atoms with van der Waals surface area (Å²) in [6.45, 7) is 4.61. The van der Waals surface area contributed by atoms with Gasteiger partial charge in [-0.05, 0) is 20.3 Å². The molecule has 1 aliphatic heterocycles. The van der Waals surface area contributed by atoms with Gasteiger partial charge in [0.2, 0.25) is 5.91 Å². The minimum Gasteiger partial charge on any atom is -0.481 e. The second-order valence-electron chi connectivity index (χ2n) is 5.44. The Hall–Kier alpha value is -1.79. The topological polar surface area (TPSA) is 89.9 Å². The van der Waals surface area contributed by atoms with Gasteiger partial charge >= 0.3 is 12.0 Å². The number of nitrogens with one attached hydrogen (secondary N) is 1. The van der Waals surface area contributed by atoms with Gasteiger partial charge in [0, 0.05) is 32.1 Å². The second kappa shape index (κ2) is 5.90. The van der Waals surface area contributed by atoms with Crippen LogP contribution in [0.5, 0.6) is 0 Å². The Morgan fingerprint density at radius 1 is 1.37 bits per heavy atom. The molecule has 0 spiro atoms. The minimum absolute atomic E-state index is 0.00501. The van der Waals surface area contributed by atoms with E-state index in [4.69, 9.17) is 5.11 Å². The molecule has 108 valence electrons. The number of likely N-dealkylation sites (N-methyl/N-ethyl adjacent to an activating group) is 1. The maximum Gasteiger partial charge on any atom is 0.318 e. The highest BCUT2D eigenvalue weighted by Gasteiger charge is 2.28. The van der Waals surface area contributed by atoms with Crippen molar-refractivity contribution in [1.29, 1.82) is 0 Å². The number of nitrogens with zero attached hydrogens (tertiary/aromatic N) is 2. The lowest BCUT2D eigenvalue weighted by Crippen LogP contribution is -2.57. The molecule has 1 heterocycles. The Labute approximate surface area is 112 Å². The highest BCUT2D eigenvalue weighted by molar-refractivity contribution is 5.85. The number of rotatable bonds is 4. The number of carbonyl (C=O) groups excluding carboxylic acids is 2. The minimum atomic E-state index is -0.892. The summed E-state index contributed by atoms with van der Waals surface area (Å²) in [7, 11) is 1.70. The molecule has 0 saturated carbocycles. The smallest absolute Gasteiger partial charge is 0.318 e. The zero-order valence-electron chi connectivity index (χ0n) is 11.6. The number of hydrogen-bond acceptors (Lipinski definition) is 3. The SMILES string of the molecule is CN1CCN(C(=O)NC(C)(C)CCC(=O)O)CC1=O. The quantitative estimate of drug-likeness (QED) is 0.759. The molecule has 3 amide bonds. The van der Waals surface area contributed by atoms with Crippen LogP contribution >= 0.6 is 0 Å². The molecule has 0 aromatic heterocycles. The van der Waals surface area contributed by atoms with Crippen LogP contribution in [0.2, 0.25) is 0 Å². The molecule has 19 heavy (non-hydrogen) atoms. The average molecular weight is 271 g/mol. The lowest BCUT2D eigenvalue weighted by Gasteiger charge is -2.35. The van der Waals surface area contributed by atoms with Gasteiger partial charge in [0.25, 0.3) is 0 Å². The highest BCUT2D eigenvalue weighted by Crippen LogP contribution is 2.12. The number of piperazine rings is 1. The van der Waals surface area contributed by atoms with E-state index in [0.717, 1.165) is 0 Å². The first-order valence-corrected chi connectivity index (χ1v) is 6.24. The van der Waals surface area contributed by atoms with Crippen molar-refractivity contribution < 1.29 is 19.5 Å². The molecule has 0 unspecified atom stereocenters. The molecule has 0 atom stereocenters. The van der Waals surface area contributed by atoms with E-state index >= 15 is 0 Å². The van der Waals surface area contributed by atoms with Crippen molar-refractivity contribution in [3.05, 3.63) is 0 Å². The standard InChI is InChI=1S/C12H21N3O4/c1-12(2,5-4-10(17)18)13-11(19)15-7-6-14(3)9(16)8-15/h4-8H2,1-3H3,(H,13,19)(H,17,18). The number of urea groups is 1. The normalized spacial score (nSPS) is 16.5. The van der Waals surface area contributed by atoms with Crippen molar-refractivity contribution in [3.8, 4) is 0 Å². The first kappa shape index (κ1) is 15.3. The van der Waals surface area contributed by atoms with Crippen LogP contribution in [0.15, 0.2) is 0 Å². The van der Waals surface area contributed by atoms with Gasteiger partial charge < -0.3 is 20.2 Å². The lowest BCUT2D eigenvalue weighted by molar-refractivity contribution is -0.137. The Bertz CT molecular complexity index is 381. The zero-order chi connectivity index (χ0) is 14.6. The van der Waals surface area contributed by atoms with Crippen molar-refractivity contribution in [2.45, 2.75) is 32.2 Å². The number of carboxylic acids is 1. The molecule has 1 fully saturated rings. The van der Waals surface area contributed by atoms with Crippen molar-refractivity contribution in [2.75, 3.05) is 26.7 Å². The van der Waals surface area contributed by atoms with E-state index in [1.807, 2.05) is 0 Å². The summed E-state index contributed by atoms with van der Waals surface area (Å²) in [5.41, 5.74) is -0.609. The fourth-order valence-corrected chi connectivity index (χ4v) is 1.78. The largest absolute Gasteiger partial charge is 0.481 e. The molecule has 0 radical (unpaired) electrons. The van der Waals surface area contributed by atoms with E-state index in [-0.39, 0.29) is 24.9 Å². The fourth-order valence-electron chi connectivity index (χ4n) is 1.78. The van der Waals surface area contributed by atoms with Gasteiger partial charge in [0.1, 0.15) is 6.54 Å². The van der Waals surface area contributed by atoms with E-state index < -0.39 is 11.5 Å². The van der Waals surface area contributed by atoms with Crippen LogP contribution in [-0.2, 0) is 9.59 Å². The molecule has 0 bridgehead atoms. The third-order valence-electron chi connectivity index (χ3n) is 3.15. The lowest BCUT2D eigenvalue weighted by atomic mass is 9.99. The van der Waals surface area contributed by atoms with E-state index in [2.05, 4.69) is 5.32 Å². The van der Waals surface area contributed by atoms with Gasteiger partial charge in [-0.3, -0.25) is 9.59 Å². The van der Waals surface area contributed by atoms with Crippen molar-refractivity contribution in [1.82, 2.24) is 15.1 Å². The van der Waals surface area contributed by atoms with Crippen molar-refractivity contribution in [2.24, 2.45) is 0 Å². The maximum atomic E-state index is 12.0. The number of aliphatic carboxylic acids is 1. The van der Waals surface area contributed by atoms with E-state index in [0.29, 0.717) is 19.5 Å². The average Bonchev–Trinajstić information content (AvgIpc) is 2.29. The summed E-state index contributed by atoms with van der Waals surface area (Å²) in [6, 6.07) is -0.322. The number of carboxylic acid groups (broad SMARTS) is 1. The van der Waals surface area contributed by atoms with Gasteiger partial charge in [-0.2, -0.15) is 0 Å². The summed E-state index contributed by atoms with van der Waals surface area (Å²) in [5.74, 6) is -0.984. The molecule has 0 aromatic rings. The summed E-state index contributed by atoms with van der Waals surface area (Å²) < 4.78 is 0. The summed E-state index contributed by atoms with van der Waals surface area (Å²) >= 11 is 0. The number of amides is 3. The van der Waals surface area contributed by atoms with Crippen molar-refractivity contribution in [3.63, 3.8) is 0 Å². The highest BCUT2D eigenvalue weighted by atomic mass is 16.4. The number of carbonyl (C=O) groups is 3. The van der Waals surface area contributed by atoms with Crippen LogP contribution in [0.1, 0.15) is 26.7 Å². The summed E-state index contributed by atoms with van der Waals surface area (Å²) in [5, 5.41) is 11.4. The third kappa shape index (κ3) is 4.76. The van der Waals surface area contributed by atoms with Gasteiger partial charge in [-0.1, -0.05) is 0 Å². The first-order chi connectivity index (χ1) is 8.71. The first-order valence-electron chi connectivity index (χ1n) is 6.24. The van der Waals surface area contributed by atoms with E-state index in [1.54, 1.807) is 25.8 Å². The van der Waals surface area contributed by atoms with Crippen LogP contribution in [0.4, 0.5) is 4.79 Å². The zero-order valence-corrected chi connectivity index (χ0v) is 11.6. The Morgan fingerprint density at radius 3 is 2.53 bits per heavy atom. The molecular formula is C12H21N3O4. The predicted octanol–water partition coefficient (Wildman–Crippen LogP) is 0.113. The van der Waals surface area contributed by atoms with Gasteiger partial charge in [0.05, 0.1) is 0 Å². The van der Waals surface area contributed by atoms with Crippen LogP contribution in [0.3, 0.4) is 0 Å². The van der Waals surface area contributed by atoms with Crippen LogP contribution < -0.4 is 5.32 Å². The Balaban J connectivity index is 2.50. The fraction of sp³-hybridized carbons (Fsp3) is 0.750. The monoisotopic (exact) mass is 271 g/mol. The summed E-state index contributed by atoms with van der Waals surface area (Å²) in [6.07, 6.45) is 0.338.